The Morgan fingerprint density at radius 2 is 2.07 bits per heavy atom. The Balaban J connectivity index is 2.08. The van der Waals surface area contributed by atoms with Crippen molar-refractivity contribution in [2.24, 2.45) is 10.7 Å². The lowest BCUT2D eigenvalue weighted by Crippen LogP contribution is -2.49. The van der Waals surface area contributed by atoms with Gasteiger partial charge >= 0.3 is 0 Å². The van der Waals surface area contributed by atoms with Gasteiger partial charge in [-0.2, -0.15) is 0 Å². The van der Waals surface area contributed by atoms with Gasteiger partial charge in [0.1, 0.15) is 11.4 Å². The largest absolute Gasteiger partial charge is 0.385 e. The minimum Gasteiger partial charge on any atom is -0.385 e. The van der Waals surface area contributed by atoms with Crippen LogP contribution in [0.2, 0.25) is 0 Å². The van der Waals surface area contributed by atoms with E-state index in [9.17, 15) is 0 Å². The van der Waals surface area contributed by atoms with Crippen molar-refractivity contribution in [2.45, 2.75) is 37.3 Å². The Bertz CT molecular complexity index is 230. The van der Waals surface area contributed by atoms with Crippen LogP contribution >= 0.6 is 0 Å². The standard InChI is InChI=1S/C10H18N2O2/c1-13-10(4-6-14-7-5-10)9(11)12-8-2-3-8/h8H,2-7H2,1H3,(H2,11,12). The van der Waals surface area contributed by atoms with E-state index >= 15 is 0 Å². The van der Waals surface area contributed by atoms with Gasteiger partial charge in [0.15, 0.2) is 0 Å². The van der Waals surface area contributed by atoms with E-state index in [4.69, 9.17) is 15.2 Å². The zero-order valence-electron chi connectivity index (χ0n) is 8.66. The summed E-state index contributed by atoms with van der Waals surface area (Å²) in [6.07, 6.45) is 4.01. The Morgan fingerprint density at radius 3 is 2.57 bits per heavy atom. The second-order valence-electron chi connectivity index (χ2n) is 4.06. The number of aliphatic imine (C=N–C) groups is 1. The lowest BCUT2D eigenvalue weighted by atomic mass is 9.93. The zero-order chi connectivity index (χ0) is 10.0. The molecule has 0 unspecified atom stereocenters. The summed E-state index contributed by atoms with van der Waals surface area (Å²) in [6.45, 7) is 1.43. The fourth-order valence-corrected chi connectivity index (χ4v) is 1.78. The normalized spacial score (nSPS) is 27.6. The van der Waals surface area contributed by atoms with Crippen molar-refractivity contribution in [2.75, 3.05) is 20.3 Å². The molecule has 0 radical (unpaired) electrons. The van der Waals surface area contributed by atoms with Crippen LogP contribution in [-0.4, -0.2) is 37.8 Å². The topological polar surface area (TPSA) is 56.8 Å². The molecule has 0 spiro atoms. The predicted octanol–water partition coefficient (Wildman–Crippen LogP) is 0.702. The Morgan fingerprint density at radius 1 is 1.43 bits per heavy atom. The minimum atomic E-state index is -0.346. The summed E-state index contributed by atoms with van der Waals surface area (Å²) < 4.78 is 10.8. The van der Waals surface area contributed by atoms with E-state index in [0.29, 0.717) is 25.1 Å². The molecule has 1 aliphatic heterocycles. The van der Waals surface area contributed by atoms with Crippen LogP contribution in [0, 0.1) is 0 Å². The monoisotopic (exact) mass is 198 g/mol. The molecule has 1 saturated carbocycles. The van der Waals surface area contributed by atoms with Crippen molar-refractivity contribution in [1.82, 2.24) is 0 Å². The number of nitrogens with zero attached hydrogens (tertiary/aromatic N) is 1. The maximum absolute atomic E-state index is 6.00. The first-order valence-corrected chi connectivity index (χ1v) is 5.23. The van der Waals surface area contributed by atoms with E-state index in [2.05, 4.69) is 4.99 Å². The van der Waals surface area contributed by atoms with Crippen molar-refractivity contribution in [3.8, 4) is 0 Å². The highest BCUT2D eigenvalue weighted by Gasteiger charge is 2.37. The highest BCUT2D eigenvalue weighted by molar-refractivity contribution is 5.89. The van der Waals surface area contributed by atoms with Gasteiger partial charge in [0.2, 0.25) is 0 Å². The molecule has 0 aromatic rings. The van der Waals surface area contributed by atoms with Crippen LogP contribution in [0.15, 0.2) is 4.99 Å². The van der Waals surface area contributed by atoms with Gasteiger partial charge in [-0.05, 0) is 12.8 Å². The maximum Gasteiger partial charge on any atom is 0.129 e. The number of hydrogen-bond acceptors (Lipinski definition) is 3. The van der Waals surface area contributed by atoms with E-state index in [-0.39, 0.29) is 5.60 Å². The molecule has 0 aromatic carbocycles. The second kappa shape index (κ2) is 3.87. The molecule has 4 nitrogen and oxygen atoms in total. The van der Waals surface area contributed by atoms with Gasteiger partial charge in [0.25, 0.3) is 0 Å². The number of methoxy groups -OCH3 is 1. The summed E-state index contributed by atoms with van der Waals surface area (Å²) in [6, 6.07) is 0.463. The van der Waals surface area contributed by atoms with Crippen LogP contribution in [0.1, 0.15) is 25.7 Å². The van der Waals surface area contributed by atoms with E-state index < -0.39 is 0 Å². The summed E-state index contributed by atoms with van der Waals surface area (Å²) >= 11 is 0. The summed E-state index contributed by atoms with van der Waals surface area (Å²) in [4.78, 5) is 4.47. The summed E-state index contributed by atoms with van der Waals surface area (Å²) in [5.74, 6) is 0.672. The minimum absolute atomic E-state index is 0.346. The molecule has 1 saturated heterocycles. The third-order valence-corrected chi connectivity index (χ3v) is 3.03. The van der Waals surface area contributed by atoms with Crippen molar-refractivity contribution >= 4 is 5.84 Å². The van der Waals surface area contributed by atoms with Gasteiger partial charge in [-0.3, -0.25) is 4.99 Å². The van der Waals surface area contributed by atoms with Crippen LogP contribution in [0.5, 0.6) is 0 Å². The molecule has 1 aliphatic carbocycles. The van der Waals surface area contributed by atoms with E-state index in [1.54, 1.807) is 7.11 Å². The van der Waals surface area contributed by atoms with Gasteiger partial charge in [0.05, 0.1) is 6.04 Å². The molecular formula is C10H18N2O2. The Labute approximate surface area is 84.5 Å². The molecule has 1 heterocycles. The first kappa shape index (κ1) is 9.93. The molecular weight excluding hydrogens is 180 g/mol. The highest BCUT2D eigenvalue weighted by Crippen LogP contribution is 2.29. The molecule has 0 amide bonds. The molecule has 80 valence electrons. The van der Waals surface area contributed by atoms with E-state index in [0.717, 1.165) is 12.8 Å². The van der Waals surface area contributed by atoms with Crippen molar-refractivity contribution in [3.05, 3.63) is 0 Å². The number of ether oxygens (including phenoxy) is 2. The number of nitrogens with two attached hydrogens (primary N) is 1. The van der Waals surface area contributed by atoms with E-state index in [1.165, 1.54) is 12.8 Å². The molecule has 0 atom stereocenters. The molecule has 0 aromatic heterocycles. The fourth-order valence-electron chi connectivity index (χ4n) is 1.78. The molecule has 2 rings (SSSR count). The first-order valence-electron chi connectivity index (χ1n) is 5.23. The van der Waals surface area contributed by atoms with Crippen LogP contribution in [0.3, 0.4) is 0 Å². The highest BCUT2D eigenvalue weighted by atomic mass is 16.5. The number of amidine groups is 1. The average Bonchev–Trinajstić information content (AvgIpc) is 3.02. The zero-order valence-corrected chi connectivity index (χ0v) is 8.66. The predicted molar refractivity (Wildman–Crippen MR) is 54.4 cm³/mol. The third kappa shape index (κ3) is 1.91. The van der Waals surface area contributed by atoms with Crippen molar-refractivity contribution in [1.29, 1.82) is 0 Å². The first-order chi connectivity index (χ1) is 6.77. The van der Waals surface area contributed by atoms with Gasteiger partial charge < -0.3 is 15.2 Å². The van der Waals surface area contributed by atoms with Crippen LogP contribution in [-0.2, 0) is 9.47 Å². The van der Waals surface area contributed by atoms with Crippen LogP contribution < -0.4 is 5.73 Å². The van der Waals surface area contributed by atoms with Gasteiger partial charge in [-0.15, -0.1) is 0 Å². The summed E-state index contributed by atoms with van der Waals surface area (Å²) in [5, 5.41) is 0. The number of hydrogen-bond donors (Lipinski definition) is 1. The molecule has 4 heteroatoms. The third-order valence-electron chi connectivity index (χ3n) is 3.03. The van der Waals surface area contributed by atoms with Gasteiger partial charge in [0, 0.05) is 33.2 Å². The Hall–Kier alpha value is -0.610. The van der Waals surface area contributed by atoms with Crippen LogP contribution in [0.4, 0.5) is 0 Å². The Kier molecular flexibility index (Phi) is 2.74. The molecule has 14 heavy (non-hydrogen) atoms. The quantitative estimate of drug-likeness (QED) is 0.536. The van der Waals surface area contributed by atoms with E-state index in [1.807, 2.05) is 0 Å². The lowest BCUT2D eigenvalue weighted by molar-refractivity contribution is -0.0468. The van der Waals surface area contributed by atoms with Gasteiger partial charge in [-0.1, -0.05) is 0 Å². The van der Waals surface area contributed by atoms with Crippen LogP contribution in [0.25, 0.3) is 0 Å². The lowest BCUT2D eigenvalue weighted by Gasteiger charge is -2.35. The average molecular weight is 198 g/mol. The molecule has 0 bridgehead atoms. The van der Waals surface area contributed by atoms with Gasteiger partial charge in [-0.25, -0.2) is 0 Å². The SMILES string of the molecule is COC1(C(N)=NC2CC2)CCOCC1. The summed E-state index contributed by atoms with van der Waals surface area (Å²) in [5.41, 5.74) is 5.66. The number of rotatable bonds is 3. The maximum atomic E-state index is 6.00. The second-order valence-corrected chi connectivity index (χ2v) is 4.06. The molecule has 2 aliphatic rings. The fraction of sp³-hybridized carbons (Fsp3) is 0.900. The van der Waals surface area contributed by atoms with Crippen molar-refractivity contribution in [3.63, 3.8) is 0 Å². The van der Waals surface area contributed by atoms with Crippen molar-refractivity contribution < 1.29 is 9.47 Å². The molecule has 2 N–H and O–H groups in total. The summed E-state index contributed by atoms with van der Waals surface area (Å²) in [7, 11) is 1.71. The molecule has 2 fully saturated rings. The smallest absolute Gasteiger partial charge is 0.129 e.